The number of benzene rings is 1. The predicted octanol–water partition coefficient (Wildman–Crippen LogP) is 1.95. The van der Waals surface area contributed by atoms with E-state index in [1.807, 2.05) is 0 Å². The SMILES string of the molecule is COC1(OC)CC[C@H]2CN(C)[C@@H]1CN2Cc1ccccc1. The summed E-state index contributed by atoms with van der Waals surface area (Å²) in [5.41, 5.74) is 1.38. The van der Waals surface area contributed by atoms with E-state index in [4.69, 9.17) is 9.47 Å². The molecule has 4 heteroatoms. The quantitative estimate of drug-likeness (QED) is 0.791. The van der Waals surface area contributed by atoms with Gasteiger partial charge in [-0.2, -0.15) is 0 Å². The number of ether oxygens (including phenoxy) is 2. The Morgan fingerprint density at radius 2 is 1.86 bits per heavy atom. The molecule has 4 rings (SSSR count). The van der Waals surface area contributed by atoms with E-state index in [9.17, 15) is 0 Å². The first-order valence-electron chi connectivity index (χ1n) is 7.77. The van der Waals surface area contributed by atoms with E-state index in [2.05, 4.69) is 47.2 Å². The second kappa shape index (κ2) is 6.05. The summed E-state index contributed by atoms with van der Waals surface area (Å²) < 4.78 is 11.6. The summed E-state index contributed by atoms with van der Waals surface area (Å²) in [6.07, 6.45) is 2.08. The highest BCUT2D eigenvalue weighted by Crippen LogP contribution is 2.37. The van der Waals surface area contributed by atoms with Crippen molar-refractivity contribution in [1.29, 1.82) is 0 Å². The molecule has 0 unspecified atom stereocenters. The van der Waals surface area contributed by atoms with Crippen molar-refractivity contribution in [2.24, 2.45) is 0 Å². The van der Waals surface area contributed by atoms with Crippen LogP contribution in [0.25, 0.3) is 0 Å². The third-order valence-corrected chi connectivity index (χ3v) is 5.21. The Morgan fingerprint density at radius 3 is 2.52 bits per heavy atom. The van der Waals surface area contributed by atoms with Gasteiger partial charge < -0.3 is 9.47 Å². The number of rotatable bonds is 4. The molecule has 0 aliphatic carbocycles. The van der Waals surface area contributed by atoms with Gasteiger partial charge in [-0.1, -0.05) is 30.3 Å². The Balaban J connectivity index is 1.81. The fourth-order valence-electron chi connectivity index (χ4n) is 3.94. The molecule has 0 amide bonds. The Kier molecular flexibility index (Phi) is 4.31. The molecule has 3 saturated heterocycles. The molecule has 0 radical (unpaired) electrons. The second-order valence-corrected chi connectivity index (χ2v) is 6.28. The van der Waals surface area contributed by atoms with Crippen LogP contribution < -0.4 is 0 Å². The van der Waals surface area contributed by atoms with Gasteiger partial charge in [0.15, 0.2) is 5.79 Å². The summed E-state index contributed by atoms with van der Waals surface area (Å²) in [6, 6.07) is 11.6. The van der Waals surface area contributed by atoms with Crippen molar-refractivity contribution < 1.29 is 9.47 Å². The summed E-state index contributed by atoms with van der Waals surface area (Å²) in [5, 5.41) is 0. The highest BCUT2D eigenvalue weighted by atomic mass is 16.7. The highest BCUT2D eigenvalue weighted by molar-refractivity contribution is 5.15. The van der Waals surface area contributed by atoms with Gasteiger partial charge in [0.25, 0.3) is 0 Å². The minimum Gasteiger partial charge on any atom is -0.352 e. The van der Waals surface area contributed by atoms with Gasteiger partial charge in [0.2, 0.25) is 0 Å². The molecule has 3 aliphatic rings. The molecule has 2 bridgehead atoms. The average Bonchev–Trinajstić information content (AvgIpc) is 2.75. The highest BCUT2D eigenvalue weighted by Gasteiger charge is 2.50. The van der Waals surface area contributed by atoms with Crippen LogP contribution >= 0.6 is 0 Å². The summed E-state index contributed by atoms with van der Waals surface area (Å²) in [5.74, 6) is -0.463. The van der Waals surface area contributed by atoms with Crippen LogP contribution in [0.3, 0.4) is 0 Å². The van der Waals surface area contributed by atoms with E-state index in [1.54, 1.807) is 14.2 Å². The van der Waals surface area contributed by atoms with Crippen LogP contribution in [0, 0.1) is 0 Å². The second-order valence-electron chi connectivity index (χ2n) is 6.28. The maximum Gasteiger partial charge on any atom is 0.184 e. The minimum absolute atomic E-state index is 0.287. The lowest BCUT2D eigenvalue weighted by Gasteiger charge is -2.46. The van der Waals surface area contributed by atoms with E-state index in [-0.39, 0.29) is 6.04 Å². The maximum atomic E-state index is 5.82. The van der Waals surface area contributed by atoms with E-state index < -0.39 is 5.79 Å². The van der Waals surface area contributed by atoms with Crippen molar-refractivity contribution in [3.63, 3.8) is 0 Å². The lowest BCUT2D eigenvalue weighted by Crippen LogP contribution is -2.62. The molecule has 116 valence electrons. The number of hydrogen-bond donors (Lipinski definition) is 0. The lowest BCUT2D eigenvalue weighted by atomic mass is 10.0. The summed E-state index contributed by atoms with van der Waals surface area (Å²) in [4.78, 5) is 5.01. The van der Waals surface area contributed by atoms with Gasteiger partial charge >= 0.3 is 0 Å². The molecule has 3 fully saturated rings. The fraction of sp³-hybridized carbons (Fsp3) is 0.647. The number of hydrogen-bond acceptors (Lipinski definition) is 4. The molecule has 0 spiro atoms. The molecule has 1 aromatic carbocycles. The van der Waals surface area contributed by atoms with Crippen LogP contribution in [0.2, 0.25) is 0 Å². The van der Waals surface area contributed by atoms with Crippen LogP contribution in [-0.4, -0.2) is 62.0 Å². The molecule has 0 aromatic heterocycles. The molecular weight excluding hydrogens is 264 g/mol. The van der Waals surface area contributed by atoms with Crippen molar-refractivity contribution in [3.8, 4) is 0 Å². The molecule has 21 heavy (non-hydrogen) atoms. The number of methoxy groups -OCH3 is 2. The van der Waals surface area contributed by atoms with Crippen molar-refractivity contribution in [1.82, 2.24) is 9.80 Å². The van der Waals surface area contributed by atoms with Crippen molar-refractivity contribution >= 4 is 0 Å². The van der Waals surface area contributed by atoms with Crippen LogP contribution in [0.4, 0.5) is 0 Å². The largest absolute Gasteiger partial charge is 0.352 e. The maximum absolute atomic E-state index is 5.82. The zero-order chi connectivity index (χ0) is 14.9. The molecule has 1 aromatic rings. The van der Waals surface area contributed by atoms with E-state index in [0.717, 1.165) is 32.5 Å². The monoisotopic (exact) mass is 290 g/mol. The number of likely N-dealkylation sites (N-methyl/N-ethyl adjacent to an activating group) is 1. The molecular formula is C17H26N2O2. The first kappa shape index (κ1) is 15.0. The molecule has 0 saturated carbocycles. The summed E-state index contributed by atoms with van der Waals surface area (Å²) >= 11 is 0. The van der Waals surface area contributed by atoms with Crippen LogP contribution in [0.15, 0.2) is 30.3 Å². The summed E-state index contributed by atoms with van der Waals surface area (Å²) in [6.45, 7) is 3.10. The molecule has 3 aliphatic heterocycles. The molecule has 0 N–H and O–H groups in total. The lowest BCUT2D eigenvalue weighted by molar-refractivity contribution is -0.244. The Hall–Kier alpha value is -0.940. The van der Waals surface area contributed by atoms with Gasteiger partial charge in [0.1, 0.15) is 0 Å². The van der Waals surface area contributed by atoms with Crippen LogP contribution in [0.5, 0.6) is 0 Å². The molecule has 3 heterocycles. The first-order valence-corrected chi connectivity index (χ1v) is 7.77. The average molecular weight is 290 g/mol. The van der Waals surface area contributed by atoms with Crippen molar-refractivity contribution in [3.05, 3.63) is 35.9 Å². The third-order valence-electron chi connectivity index (χ3n) is 5.21. The van der Waals surface area contributed by atoms with Crippen LogP contribution in [-0.2, 0) is 16.0 Å². The van der Waals surface area contributed by atoms with Crippen molar-refractivity contribution in [2.75, 3.05) is 34.4 Å². The Labute approximate surface area is 127 Å². The zero-order valence-corrected chi connectivity index (χ0v) is 13.3. The van der Waals surface area contributed by atoms with E-state index in [1.165, 1.54) is 5.56 Å². The predicted molar refractivity (Wildman–Crippen MR) is 83.0 cm³/mol. The topological polar surface area (TPSA) is 24.9 Å². The summed E-state index contributed by atoms with van der Waals surface area (Å²) in [7, 11) is 5.74. The van der Waals surface area contributed by atoms with E-state index >= 15 is 0 Å². The Morgan fingerprint density at radius 1 is 1.14 bits per heavy atom. The van der Waals surface area contributed by atoms with Gasteiger partial charge in [-0.15, -0.1) is 0 Å². The standard InChI is InChI=1S/C17H26N2O2/c1-18-12-15-9-10-17(20-2,21-3)16(18)13-19(15)11-14-7-5-4-6-8-14/h4-8,15-16H,9-13H2,1-3H3/t15-,16+/m0/s1. The number of nitrogens with zero attached hydrogens (tertiary/aromatic N) is 2. The van der Waals surface area contributed by atoms with Gasteiger partial charge in [0, 0.05) is 46.3 Å². The van der Waals surface area contributed by atoms with Crippen molar-refractivity contribution in [2.45, 2.75) is 37.3 Å². The normalized spacial score (nSPS) is 29.5. The molecule has 2 atom stereocenters. The van der Waals surface area contributed by atoms with Crippen LogP contribution in [0.1, 0.15) is 18.4 Å². The van der Waals surface area contributed by atoms with E-state index in [0.29, 0.717) is 6.04 Å². The smallest absolute Gasteiger partial charge is 0.184 e. The fourth-order valence-corrected chi connectivity index (χ4v) is 3.94. The minimum atomic E-state index is -0.463. The van der Waals surface area contributed by atoms with Gasteiger partial charge in [0.05, 0.1) is 6.04 Å². The van der Waals surface area contributed by atoms with Gasteiger partial charge in [-0.3, -0.25) is 9.80 Å². The molecule has 4 nitrogen and oxygen atoms in total. The Bertz CT molecular complexity index is 461. The third kappa shape index (κ3) is 2.73. The number of fused-ring (bicyclic) bond motifs is 4. The zero-order valence-electron chi connectivity index (χ0n) is 13.3. The first-order chi connectivity index (χ1) is 10.2. The van der Waals surface area contributed by atoms with Gasteiger partial charge in [-0.05, 0) is 19.0 Å². The number of piperazine rings is 1. The van der Waals surface area contributed by atoms with Gasteiger partial charge in [-0.25, -0.2) is 0 Å².